The van der Waals surface area contributed by atoms with Gasteiger partial charge in [-0.05, 0) is 44.9 Å². The Kier molecular flexibility index (Phi) is 3.56. The van der Waals surface area contributed by atoms with Crippen LogP contribution in [0.2, 0.25) is 0 Å². The lowest BCUT2D eigenvalue weighted by atomic mass is 10.1. The third-order valence-electron chi connectivity index (χ3n) is 4.23. The van der Waals surface area contributed by atoms with Crippen LogP contribution in [0.3, 0.4) is 0 Å². The van der Waals surface area contributed by atoms with E-state index < -0.39 is 11.9 Å². The summed E-state index contributed by atoms with van der Waals surface area (Å²) in [6.07, 6.45) is 1.44. The van der Waals surface area contributed by atoms with Crippen LogP contribution in [0.4, 0.5) is 0 Å². The normalized spacial score (nSPS) is 17.9. The molecule has 22 heavy (non-hydrogen) atoms. The first-order valence-corrected chi connectivity index (χ1v) is 7.45. The van der Waals surface area contributed by atoms with Gasteiger partial charge in [-0.15, -0.1) is 0 Å². The molecule has 1 aromatic carbocycles. The largest absolute Gasteiger partial charge is 0.368 e. The maximum atomic E-state index is 12.8. The van der Waals surface area contributed by atoms with Crippen molar-refractivity contribution >= 4 is 22.7 Å². The molecule has 2 aromatic rings. The van der Waals surface area contributed by atoms with Gasteiger partial charge < -0.3 is 10.6 Å². The Morgan fingerprint density at radius 3 is 2.77 bits per heavy atom. The molecule has 1 aliphatic rings. The number of nitrogens with zero attached hydrogens (tertiary/aromatic N) is 2. The van der Waals surface area contributed by atoms with E-state index in [0.717, 1.165) is 22.9 Å². The van der Waals surface area contributed by atoms with Crippen LogP contribution in [-0.4, -0.2) is 34.3 Å². The SMILES string of the molecule is Cc1ccc2nc(C)c(C(=O)N3CCC[C@@H]3C(N)=O)cc2c1. The van der Waals surface area contributed by atoms with Crippen LogP contribution in [0.5, 0.6) is 0 Å². The van der Waals surface area contributed by atoms with Crippen LogP contribution in [-0.2, 0) is 4.79 Å². The number of amides is 2. The van der Waals surface area contributed by atoms with E-state index in [9.17, 15) is 9.59 Å². The molecule has 1 atom stereocenters. The maximum Gasteiger partial charge on any atom is 0.256 e. The van der Waals surface area contributed by atoms with E-state index in [1.54, 1.807) is 4.90 Å². The number of carbonyl (C=O) groups excluding carboxylic acids is 2. The highest BCUT2D eigenvalue weighted by atomic mass is 16.2. The third-order valence-corrected chi connectivity index (χ3v) is 4.23. The average molecular weight is 297 g/mol. The lowest BCUT2D eigenvalue weighted by Gasteiger charge is -2.23. The summed E-state index contributed by atoms with van der Waals surface area (Å²) in [4.78, 5) is 30.4. The van der Waals surface area contributed by atoms with E-state index in [4.69, 9.17) is 5.73 Å². The summed E-state index contributed by atoms with van der Waals surface area (Å²) >= 11 is 0. The summed E-state index contributed by atoms with van der Waals surface area (Å²) in [5.74, 6) is -0.595. The van der Waals surface area contributed by atoms with E-state index in [1.807, 2.05) is 38.1 Å². The number of likely N-dealkylation sites (tertiary alicyclic amines) is 1. The number of hydrogen-bond donors (Lipinski definition) is 1. The molecule has 1 saturated heterocycles. The summed E-state index contributed by atoms with van der Waals surface area (Å²) in [6.45, 7) is 4.39. The fourth-order valence-corrected chi connectivity index (χ4v) is 3.07. The first-order valence-electron chi connectivity index (χ1n) is 7.45. The standard InChI is InChI=1S/C17H19N3O2/c1-10-5-6-14-12(8-10)9-13(11(2)19-14)17(22)20-7-3-4-15(20)16(18)21/h5-6,8-9,15H,3-4,7H2,1-2H3,(H2,18,21)/t15-/m1/s1. The minimum absolute atomic E-state index is 0.158. The summed E-state index contributed by atoms with van der Waals surface area (Å²) in [6, 6.07) is 7.32. The van der Waals surface area contributed by atoms with Gasteiger partial charge in [-0.1, -0.05) is 11.6 Å². The van der Waals surface area contributed by atoms with Crippen LogP contribution < -0.4 is 5.73 Å². The maximum absolute atomic E-state index is 12.8. The number of aromatic nitrogens is 1. The Hall–Kier alpha value is -2.43. The second-order valence-corrected chi connectivity index (χ2v) is 5.88. The number of hydrogen-bond acceptors (Lipinski definition) is 3. The second-order valence-electron chi connectivity index (χ2n) is 5.88. The molecular weight excluding hydrogens is 278 g/mol. The molecular formula is C17H19N3O2. The molecule has 1 aliphatic heterocycles. The van der Waals surface area contributed by atoms with Crippen LogP contribution in [0.15, 0.2) is 24.3 Å². The zero-order valence-electron chi connectivity index (χ0n) is 12.8. The van der Waals surface area contributed by atoms with Gasteiger partial charge in [0.15, 0.2) is 0 Å². The zero-order valence-corrected chi connectivity index (χ0v) is 12.8. The minimum atomic E-state index is -0.500. The van der Waals surface area contributed by atoms with Gasteiger partial charge in [-0.25, -0.2) is 0 Å². The highest BCUT2D eigenvalue weighted by Crippen LogP contribution is 2.23. The van der Waals surface area contributed by atoms with Crippen LogP contribution in [0.1, 0.15) is 34.5 Å². The highest BCUT2D eigenvalue weighted by molar-refractivity contribution is 6.01. The molecule has 1 aromatic heterocycles. The number of rotatable bonds is 2. The molecule has 0 aliphatic carbocycles. The Morgan fingerprint density at radius 1 is 1.27 bits per heavy atom. The van der Waals surface area contributed by atoms with E-state index >= 15 is 0 Å². The molecule has 114 valence electrons. The van der Waals surface area contributed by atoms with E-state index in [1.165, 1.54) is 0 Å². The Bertz CT molecular complexity index is 770. The Morgan fingerprint density at radius 2 is 2.05 bits per heavy atom. The summed E-state index contributed by atoms with van der Waals surface area (Å²) in [5, 5.41) is 0.934. The summed E-state index contributed by atoms with van der Waals surface area (Å²) < 4.78 is 0. The molecule has 2 N–H and O–H groups in total. The number of benzene rings is 1. The lowest BCUT2D eigenvalue weighted by Crippen LogP contribution is -2.43. The first kappa shape index (κ1) is 14.5. The van der Waals surface area contributed by atoms with E-state index in [-0.39, 0.29) is 5.91 Å². The topological polar surface area (TPSA) is 76.3 Å². The van der Waals surface area contributed by atoms with Gasteiger partial charge in [0.05, 0.1) is 16.8 Å². The molecule has 2 heterocycles. The van der Waals surface area contributed by atoms with Crippen molar-refractivity contribution in [3.8, 4) is 0 Å². The molecule has 1 fully saturated rings. The van der Waals surface area contributed by atoms with Crippen molar-refractivity contribution in [2.24, 2.45) is 5.73 Å². The number of pyridine rings is 1. The molecule has 0 spiro atoms. The molecule has 0 saturated carbocycles. The van der Waals surface area contributed by atoms with Crippen molar-refractivity contribution in [2.45, 2.75) is 32.7 Å². The van der Waals surface area contributed by atoms with Gasteiger partial charge >= 0.3 is 0 Å². The van der Waals surface area contributed by atoms with Gasteiger partial charge in [-0.3, -0.25) is 14.6 Å². The van der Waals surface area contributed by atoms with Gasteiger partial charge in [0.1, 0.15) is 6.04 Å². The van der Waals surface area contributed by atoms with Crippen molar-refractivity contribution in [1.29, 1.82) is 0 Å². The van der Waals surface area contributed by atoms with Crippen LogP contribution in [0.25, 0.3) is 10.9 Å². The van der Waals surface area contributed by atoms with Gasteiger partial charge in [0.2, 0.25) is 5.91 Å². The van der Waals surface area contributed by atoms with Gasteiger partial charge in [0, 0.05) is 11.9 Å². The van der Waals surface area contributed by atoms with Crippen LogP contribution in [0, 0.1) is 13.8 Å². The Balaban J connectivity index is 2.03. The van der Waals surface area contributed by atoms with Crippen molar-refractivity contribution in [2.75, 3.05) is 6.54 Å². The molecule has 0 radical (unpaired) electrons. The predicted octanol–water partition coefficient (Wildman–Crippen LogP) is 1.94. The smallest absolute Gasteiger partial charge is 0.256 e. The fraction of sp³-hybridized carbons (Fsp3) is 0.353. The van der Waals surface area contributed by atoms with Crippen molar-refractivity contribution in [3.05, 3.63) is 41.1 Å². The number of carbonyl (C=O) groups is 2. The Labute approximate surface area is 129 Å². The monoisotopic (exact) mass is 297 g/mol. The predicted molar refractivity (Wildman–Crippen MR) is 84.5 cm³/mol. The fourth-order valence-electron chi connectivity index (χ4n) is 3.07. The molecule has 2 amide bonds. The number of fused-ring (bicyclic) bond motifs is 1. The molecule has 5 nitrogen and oxygen atoms in total. The number of primary amides is 1. The zero-order chi connectivity index (χ0) is 15.9. The van der Waals surface area contributed by atoms with Crippen molar-refractivity contribution in [3.63, 3.8) is 0 Å². The third kappa shape index (κ3) is 2.43. The summed E-state index contributed by atoms with van der Waals surface area (Å²) in [5.41, 5.74) is 8.62. The second kappa shape index (κ2) is 5.40. The average Bonchev–Trinajstić information content (AvgIpc) is 2.96. The van der Waals surface area contributed by atoms with Crippen LogP contribution >= 0.6 is 0 Å². The molecule has 0 unspecified atom stereocenters. The highest BCUT2D eigenvalue weighted by Gasteiger charge is 2.33. The quantitative estimate of drug-likeness (QED) is 0.920. The number of nitrogens with two attached hydrogens (primary N) is 1. The van der Waals surface area contributed by atoms with Gasteiger partial charge in [0.25, 0.3) is 5.91 Å². The summed E-state index contributed by atoms with van der Waals surface area (Å²) in [7, 11) is 0. The molecule has 5 heteroatoms. The van der Waals surface area contributed by atoms with Crippen molar-refractivity contribution < 1.29 is 9.59 Å². The number of aryl methyl sites for hydroxylation is 2. The first-order chi connectivity index (χ1) is 10.5. The van der Waals surface area contributed by atoms with E-state index in [0.29, 0.717) is 24.2 Å². The molecule has 3 rings (SSSR count). The minimum Gasteiger partial charge on any atom is -0.368 e. The van der Waals surface area contributed by atoms with E-state index in [2.05, 4.69) is 4.98 Å². The lowest BCUT2D eigenvalue weighted by molar-refractivity contribution is -0.121. The molecule has 0 bridgehead atoms. The van der Waals surface area contributed by atoms with Crippen molar-refractivity contribution in [1.82, 2.24) is 9.88 Å². The van der Waals surface area contributed by atoms with Gasteiger partial charge in [-0.2, -0.15) is 0 Å².